The van der Waals surface area contributed by atoms with Crippen molar-refractivity contribution >= 4 is 11.8 Å². The molecule has 1 aromatic carbocycles. The SMILES string of the molecule is CCCN1CCC(OC(=O)Nc2c(C)cccc2C)C1. The minimum Gasteiger partial charge on any atom is -0.445 e. The molecule has 0 saturated carbocycles. The van der Waals surface area contributed by atoms with Gasteiger partial charge in [0.25, 0.3) is 0 Å². The predicted octanol–water partition coefficient (Wildman–Crippen LogP) is 3.34. The number of anilines is 1. The number of ether oxygens (including phenoxy) is 1. The Balaban J connectivity index is 1.87. The van der Waals surface area contributed by atoms with E-state index in [9.17, 15) is 4.79 Å². The number of likely N-dealkylation sites (tertiary alicyclic amines) is 1. The first kappa shape index (κ1) is 14.9. The Labute approximate surface area is 121 Å². The molecular weight excluding hydrogens is 252 g/mol. The van der Waals surface area contributed by atoms with E-state index in [1.807, 2.05) is 32.0 Å². The number of para-hydroxylation sites is 1. The summed E-state index contributed by atoms with van der Waals surface area (Å²) in [6.45, 7) is 9.10. The molecule has 2 rings (SSSR count). The highest BCUT2D eigenvalue weighted by Crippen LogP contribution is 2.20. The van der Waals surface area contributed by atoms with Gasteiger partial charge in [0, 0.05) is 18.8 Å². The Morgan fingerprint density at radius 3 is 2.75 bits per heavy atom. The standard InChI is InChI=1S/C16H24N2O2/c1-4-9-18-10-8-14(11-18)20-16(19)17-15-12(2)6-5-7-13(15)3/h5-7,14H,4,8-11H2,1-3H3,(H,17,19). The van der Waals surface area contributed by atoms with Crippen molar-refractivity contribution in [1.82, 2.24) is 4.90 Å². The van der Waals surface area contributed by atoms with Crippen molar-refractivity contribution in [3.63, 3.8) is 0 Å². The molecule has 1 aliphatic heterocycles. The highest BCUT2D eigenvalue weighted by Gasteiger charge is 2.25. The fraction of sp³-hybridized carbons (Fsp3) is 0.562. The van der Waals surface area contributed by atoms with Gasteiger partial charge in [0.05, 0.1) is 0 Å². The Morgan fingerprint density at radius 1 is 1.40 bits per heavy atom. The number of carbonyl (C=O) groups is 1. The van der Waals surface area contributed by atoms with E-state index in [0.29, 0.717) is 0 Å². The van der Waals surface area contributed by atoms with Crippen molar-refractivity contribution in [2.45, 2.75) is 39.7 Å². The number of benzene rings is 1. The van der Waals surface area contributed by atoms with Crippen LogP contribution >= 0.6 is 0 Å². The molecule has 0 radical (unpaired) electrons. The van der Waals surface area contributed by atoms with Crippen molar-refractivity contribution in [2.24, 2.45) is 0 Å². The third-order valence-electron chi connectivity index (χ3n) is 3.75. The van der Waals surface area contributed by atoms with Crippen LogP contribution in [0.1, 0.15) is 30.9 Å². The number of nitrogens with zero attached hydrogens (tertiary/aromatic N) is 1. The van der Waals surface area contributed by atoms with Crippen molar-refractivity contribution in [3.05, 3.63) is 29.3 Å². The van der Waals surface area contributed by atoms with E-state index in [1.165, 1.54) is 0 Å². The molecule has 0 spiro atoms. The molecular formula is C16H24N2O2. The van der Waals surface area contributed by atoms with Crippen molar-refractivity contribution in [3.8, 4) is 0 Å². The van der Waals surface area contributed by atoms with E-state index >= 15 is 0 Å². The van der Waals surface area contributed by atoms with Gasteiger partial charge in [-0.25, -0.2) is 4.79 Å². The lowest BCUT2D eigenvalue weighted by molar-refractivity contribution is 0.113. The molecule has 20 heavy (non-hydrogen) atoms. The van der Waals surface area contributed by atoms with Crippen molar-refractivity contribution in [2.75, 3.05) is 25.0 Å². The fourth-order valence-electron chi connectivity index (χ4n) is 2.71. The zero-order valence-electron chi connectivity index (χ0n) is 12.6. The van der Waals surface area contributed by atoms with E-state index in [2.05, 4.69) is 17.1 Å². The second kappa shape index (κ2) is 6.75. The molecule has 1 saturated heterocycles. The molecule has 4 nitrogen and oxygen atoms in total. The van der Waals surface area contributed by atoms with Crippen LogP contribution in [0, 0.1) is 13.8 Å². The monoisotopic (exact) mass is 276 g/mol. The molecule has 1 aliphatic rings. The molecule has 1 atom stereocenters. The zero-order chi connectivity index (χ0) is 14.5. The van der Waals surface area contributed by atoms with Gasteiger partial charge in [-0.3, -0.25) is 10.2 Å². The first-order chi connectivity index (χ1) is 9.60. The summed E-state index contributed by atoms with van der Waals surface area (Å²) in [6.07, 6.45) is 1.75. The number of hydrogen-bond acceptors (Lipinski definition) is 3. The average molecular weight is 276 g/mol. The van der Waals surface area contributed by atoms with Gasteiger partial charge in [-0.15, -0.1) is 0 Å². The van der Waals surface area contributed by atoms with Gasteiger partial charge in [0.1, 0.15) is 6.10 Å². The lowest BCUT2D eigenvalue weighted by Gasteiger charge is -2.16. The topological polar surface area (TPSA) is 41.6 Å². The van der Waals surface area contributed by atoms with E-state index in [4.69, 9.17) is 4.74 Å². The average Bonchev–Trinajstić information content (AvgIpc) is 2.82. The second-order valence-corrected chi connectivity index (χ2v) is 5.51. The van der Waals surface area contributed by atoms with E-state index in [-0.39, 0.29) is 12.2 Å². The first-order valence-corrected chi connectivity index (χ1v) is 7.36. The largest absolute Gasteiger partial charge is 0.445 e. The van der Waals surface area contributed by atoms with Crippen molar-refractivity contribution < 1.29 is 9.53 Å². The van der Waals surface area contributed by atoms with Gasteiger partial charge in [0.2, 0.25) is 0 Å². The lowest BCUT2D eigenvalue weighted by Crippen LogP contribution is -2.27. The maximum atomic E-state index is 12.0. The number of hydrogen-bond donors (Lipinski definition) is 1. The molecule has 1 unspecified atom stereocenters. The summed E-state index contributed by atoms with van der Waals surface area (Å²) in [5.74, 6) is 0. The van der Waals surface area contributed by atoms with E-state index in [1.54, 1.807) is 0 Å². The van der Waals surface area contributed by atoms with Gasteiger partial charge in [-0.1, -0.05) is 25.1 Å². The summed E-state index contributed by atoms with van der Waals surface area (Å²) in [6, 6.07) is 5.96. The van der Waals surface area contributed by atoms with Gasteiger partial charge in [-0.05, 0) is 44.4 Å². The van der Waals surface area contributed by atoms with Gasteiger partial charge >= 0.3 is 6.09 Å². The fourth-order valence-corrected chi connectivity index (χ4v) is 2.71. The number of amides is 1. The van der Waals surface area contributed by atoms with E-state index < -0.39 is 0 Å². The summed E-state index contributed by atoms with van der Waals surface area (Å²) in [4.78, 5) is 14.3. The molecule has 0 bridgehead atoms. The third-order valence-corrected chi connectivity index (χ3v) is 3.75. The molecule has 110 valence electrons. The molecule has 1 heterocycles. The second-order valence-electron chi connectivity index (χ2n) is 5.51. The summed E-state index contributed by atoms with van der Waals surface area (Å²) in [5.41, 5.74) is 2.97. The quantitative estimate of drug-likeness (QED) is 0.917. The van der Waals surface area contributed by atoms with Crippen LogP contribution in [-0.4, -0.2) is 36.7 Å². The lowest BCUT2D eigenvalue weighted by atomic mass is 10.1. The Morgan fingerprint density at radius 2 is 2.10 bits per heavy atom. The molecule has 1 amide bonds. The number of aryl methyl sites for hydroxylation is 2. The normalized spacial score (nSPS) is 19.1. The number of carbonyl (C=O) groups excluding carboxylic acids is 1. The highest BCUT2D eigenvalue weighted by molar-refractivity contribution is 5.86. The minimum absolute atomic E-state index is 0.0193. The van der Waals surface area contributed by atoms with Gasteiger partial charge in [0.15, 0.2) is 0 Å². The van der Waals surface area contributed by atoms with Gasteiger partial charge < -0.3 is 4.74 Å². The van der Waals surface area contributed by atoms with Crippen LogP contribution in [0.3, 0.4) is 0 Å². The number of nitrogens with one attached hydrogen (secondary N) is 1. The molecule has 1 fully saturated rings. The molecule has 4 heteroatoms. The Hall–Kier alpha value is -1.55. The van der Waals surface area contributed by atoms with E-state index in [0.717, 1.165) is 49.3 Å². The maximum absolute atomic E-state index is 12.0. The molecule has 0 aliphatic carbocycles. The van der Waals surface area contributed by atoms with Crippen LogP contribution in [0.2, 0.25) is 0 Å². The smallest absolute Gasteiger partial charge is 0.411 e. The predicted molar refractivity (Wildman–Crippen MR) is 81.2 cm³/mol. The maximum Gasteiger partial charge on any atom is 0.411 e. The van der Waals surface area contributed by atoms with Gasteiger partial charge in [-0.2, -0.15) is 0 Å². The minimum atomic E-state index is -0.342. The van der Waals surface area contributed by atoms with Crippen LogP contribution in [0.5, 0.6) is 0 Å². The highest BCUT2D eigenvalue weighted by atomic mass is 16.6. The van der Waals surface area contributed by atoms with Crippen LogP contribution in [0.15, 0.2) is 18.2 Å². The Bertz CT molecular complexity index is 453. The van der Waals surface area contributed by atoms with Crippen LogP contribution in [-0.2, 0) is 4.74 Å². The molecule has 1 N–H and O–H groups in total. The summed E-state index contributed by atoms with van der Waals surface area (Å²) in [7, 11) is 0. The van der Waals surface area contributed by atoms with Crippen LogP contribution in [0.25, 0.3) is 0 Å². The zero-order valence-corrected chi connectivity index (χ0v) is 12.6. The summed E-state index contributed by atoms with van der Waals surface area (Å²) in [5, 5.41) is 2.87. The third kappa shape index (κ3) is 3.73. The molecule has 1 aromatic rings. The number of rotatable bonds is 4. The van der Waals surface area contributed by atoms with Crippen LogP contribution in [0.4, 0.5) is 10.5 Å². The first-order valence-electron chi connectivity index (χ1n) is 7.36. The summed E-state index contributed by atoms with van der Waals surface area (Å²) < 4.78 is 5.51. The Kier molecular flexibility index (Phi) is 5.01. The molecule has 0 aromatic heterocycles. The van der Waals surface area contributed by atoms with Crippen molar-refractivity contribution in [1.29, 1.82) is 0 Å². The van der Waals surface area contributed by atoms with Crippen LogP contribution < -0.4 is 5.32 Å². The summed E-state index contributed by atoms with van der Waals surface area (Å²) >= 11 is 0.